The zero-order chi connectivity index (χ0) is 39.4. The maximum atomic E-state index is 14.6. The lowest BCUT2D eigenvalue weighted by molar-refractivity contribution is -0.294. The minimum atomic E-state index is -1.36. The van der Waals surface area contributed by atoms with E-state index >= 15 is 0 Å². The van der Waals surface area contributed by atoms with Gasteiger partial charge in [0.1, 0.15) is 29.8 Å². The molecule has 0 unspecified atom stereocenters. The van der Waals surface area contributed by atoms with Crippen molar-refractivity contribution in [2.24, 2.45) is 17.8 Å². The minimum Gasteiger partial charge on any atom is -0.508 e. The van der Waals surface area contributed by atoms with Crippen LogP contribution in [0.25, 0.3) is 0 Å². The maximum absolute atomic E-state index is 14.6. The number of ketones is 1. The number of phenols is 1. The molecule has 0 spiro atoms. The standard InChI is InChI=1S/C40H63N3O10/c1-12-31-40(8)34(43(38(48)53-40)41-19-13-14-28-15-17-29(44)18-16-28)27(6)32(45)25(4)22-39(7,49-11)35(23(2)20-24(3)36(47)51-31)52-37-33(46)30(42(9)10)21-26(5)50-37/h15-18,20,23,25-27,30-31,33-35,37,41,44,46H,12-14,19,21-22H2,1-11H3/b24-20+/t23-,25+,26+,27-,30-,31+,33+,34+,35+,37-,39+,40+/m0/s1. The molecule has 3 aliphatic heterocycles. The number of benzene rings is 1. The van der Waals surface area contributed by atoms with E-state index in [0.717, 1.165) is 5.56 Å². The summed E-state index contributed by atoms with van der Waals surface area (Å²) < 4.78 is 31.3. The maximum Gasteiger partial charge on any atom is 0.425 e. The van der Waals surface area contributed by atoms with Crippen molar-refractivity contribution in [3.05, 3.63) is 41.5 Å². The van der Waals surface area contributed by atoms with Gasteiger partial charge in [-0.1, -0.05) is 45.9 Å². The highest BCUT2D eigenvalue weighted by atomic mass is 16.7. The number of aromatic hydroxyl groups is 1. The molecule has 0 bridgehead atoms. The number of phenolic OH excluding ortho intramolecular Hbond substituents is 1. The Morgan fingerprint density at radius 2 is 1.74 bits per heavy atom. The molecule has 3 heterocycles. The number of fused-ring (bicyclic) bond motifs is 1. The molecular formula is C40H63N3O10. The van der Waals surface area contributed by atoms with Crippen LogP contribution in [0.2, 0.25) is 0 Å². The highest BCUT2D eigenvalue weighted by molar-refractivity contribution is 5.88. The van der Waals surface area contributed by atoms with Gasteiger partial charge in [0.05, 0.1) is 17.8 Å². The number of carbonyl (C=O) groups excluding carboxylic acids is 3. The van der Waals surface area contributed by atoms with Crippen molar-refractivity contribution in [1.29, 1.82) is 0 Å². The van der Waals surface area contributed by atoms with Crippen LogP contribution in [0.1, 0.15) is 86.6 Å². The van der Waals surface area contributed by atoms with Crippen LogP contribution < -0.4 is 5.43 Å². The molecule has 12 atom stereocenters. The number of aryl methyl sites for hydroxylation is 1. The molecule has 4 rings (SSSR count). The Kier molecular flexibility index (Phi) is 14.2. The molecular weight excluding hydrogens is 682 g/mol. The average molecular weight is 746 g/mol. The van der Waals surface area contributed by atoms with Gasteiger partial charge in [-0.25, -0.2) is 20.0 Å². The number of Topliss-reactive ketones (excluding diaryl/α,β-unsaturated/α-hetero) is 1. The number of hydrogen-bond donors (Lipinski definition) is 3. The number of hydrogen-bond acceptors (Lipinski definition) is 12. The fraction of sp³-hybridized carbons (Fsp3) is 0.725. The van der Waals surface area contributed by atoms with Crippen molar-refractivity contribution in [3.8, 4) is 5.75 Å². The van der Waals surface area contributed by atoms with Gasteiger partial charge in [0.25, 0.3) is 0 Å². The molecule has 0 aliphatic carbocycles. The number of methoxy groups -OCH3 is 1. The van der Waals surface area contributed by atoms with Crippen LogP contribution >= 0.6 is 0 Å². The van der Waals surface area contributed by atoms with Crippen molar-refractivity contribution in [2.75, 3.05) is 27.7 Å². The summed E-state index contributed by atoms with van der Waals surface area (Å²) in [5.41, 5.74) is 2.14. The third-order valence-electron chi connectivity index (χ3n) is 11.5. The van der Waals surface area contributed by atoms with E-state index in [-0.39, 0.29) is 30.1 Å². The zero-order valence-corrected chi connectivity index (χ0v) is 33.5. The summed E-state index contributed by atoms with van der Waals surface area (Å²) in [6.45, 7) is 15.0. The van der Waals surface area contributed by atoms with Gasteiger partial charge in [0, 0.05) is 43.0 Å². The van der Waals surface area contributed by atoms with Crippen LogP contribution in [0.3, 0.4) is 0 Å². The van der Waals surface area contributed by atoms with Crippen LogP contribution in [-0.4, -0.2) is 120 Å². The van der Waals surface area contributed by atoms with E-state index in [1.54, 1.807) is 46.1 Å². The van der Waals surface area contributed by atoms with Crippen molar-refractivity contribution in [3.63, 3.8) is 0 Å². The van der Waals surface area contributed by atoms with E-state index < -0.39 is 71.7 Å². The third kappa shape index (κ3) is 9.42. The first kappa shape index (κ1) is 42.7. The van der Waals surface area contributed by atoms with Gasteiger partial charge in [-0.2, -0.15) is 0 Å². The molecule has 2 saturated heterocycles. The summed E-state index contributed by atoms with van der Waals surface area (Å²) in [6.07, 6.45) is -0.101. The minimum absolute atomic E-state index is 0.120. The number of nitrogens with one attached hydrogen (secondary N) is 1. The molecule has 298 valence electrons. The fourth-order valence-electron chi connectivity index (χ4n) is 8.59. The Balaban J connectivity index is 1.69. The van der Waals surface area contributed by atoms with E-state index in [9.17, 15) is 24.6 Å². The molecule has 1 amide bonds. The summed E-state index contributed by atoms with van der Waals surface area (Å²) in [6, 6.07) is 5.94. The van der Waals surface area contributed by atoms with Crippen LogP contribution in [0, 0.1) is 17.8 Å². The van der Waals surface area contributed by atoms with E-state index in [1.807, 2.05) is 65.7 Å². The number of amides is 1. The Bertz CT molecular complexity index is 1450. The van der Waals surface area contributed by atoms with Crippen LogP contribution in [0.4, 0.5) is 4.79 Å². The lowest BCUT2D eigenvalue weighted by atomic mass is 9.74. The molecule has 13 nitrogen and oxygen atoms in total. The van der Waals surface area contributed by atoms with Gasteiger partial charge in [0.15, 0.2) is 11.9 Å². The van der Waals surface area contributed by atoms with E-state index in [4.69, 9.17) is 23.7 Å². The fourth-order valence-corrected chi connectivity index (χ4v) is 8.59. The smallest absolute Gasteiger partial charge is 0.425 e. The summed E-state index contributed by atoms with van der Waals surface area (Å²) in [4.78, 5) is 44.0. The largest absolute Gasteiger partial charge is 0.508 e. The van der Waals surface area contributed by atoms with Gasteiger partial charge in [-0.15, -0.1) is 0 Å². The Morgan fingerprint density at radius 1 is 1.08 bits per heavy atom. The second kappa shape index (κ2) is 17.6. The van der Waals surface area contributed by atoms with E-state index in [0.29, 0.717) is 37.8 Å². The van der Waals surface area contributed by atoms with E-state index in [1.165, 1.54) is 5.01 Å². The molecule has 3 N–H and O–H groups in total. The number of carbonyl (C=O) groups is 3. The summed E-state index contributed by atoms with van der Waals surface area (Å²) in [5, 5.41) is 22.4. The molecule has 0 radical (unpaired) electrons. The molecule has 0 saturated carbocycles. The van der Waals surface area contributed by atoms with Crippen molar-refractivity contribution in [1.82, 2.24) is 15.3 Å². The predicted octanol–water partition coefficient (Wildman–Crippen LogP) is 4.77. The van der Waals surface area contributed by atoms with Gasteiger partial charge in [-0.05, 0) is 91.6 Å². The number of hydrazine groups is 1. The Morgan fingerprint density at radius 3 is 2.34 bits per heavy atom. The highest BCUT2D eigenvalue weighted by Gasteiger charge is 2.60. The lowest BCUT2D eigenvalue weighted by Crippen LogP contribution is -2.60. The van der Waals surface area contributed by atoms with Gasteiger partial charge in [-0.3, -0.25) is 4.79 Å². The Hall–Kier alpha value is -3.07. The number of cyclic esters (lactones) is 1. The first-order valence-corrected chi connectivity index (χ1v) is 19.0. The second-order valence-electron chi connectivity index (χ2n) is 16.0. The van der Waals surface area contributed by atoms with Gasteiger partial charge >= 0.3 is 12.1 Å². The van der Waals surface area contributed by atoms with Crippen LogP contribution in [0.5, 0.6) is 5.75 Å². The molecule has 0 aromatic heterocycles. The summed E-state index contributed by atoms with van der Waals surface area (Å²) >= 11 is 0. The molecule has 2 fully saturated rings. The molecule has 3 aliphatic rings. The first-order chi connectivity index (χ1) is 24.9. The predicted molar refractivity (Wildman–Crippen MR) is 199 cm³/mol. The van der Waals surface area contributed by atoms with Gasteiger partial charge < -0.3 is 38.8 Å². The van der Waals surface area contributed by atoms with Crippen LogP contribution in [0.15, 0.2) is 35.9 Å². The Labute approximate surface area is 315 Å². The molecule has 13 heteroatoms. The van der Waals surface area contributed by atoms with Crippen LogP contribution in [-0.2, 0) is 39.7 Å². The highest BCUT2D eigenvalue weighted by Crippen LogP contribution is 2.42. The SMILES string of the molecule is CC[C@H]1OC(=O)/C(C)=C/[C@H](C)[C@@H](O[C@@H]2O[C@H](C)C[C@H](N(C)C)[C@H]2O)[C@](C)(OC)C[C@@H](C)C(=O)[C@H](C)[C@H]2N(NCCCc3ccc(O)cc3)C(=O)O[C@]12C. The third-order valence-corrected chi connectivity index (χ3v) is 11.5. The number of aliphatic hydroxyl groups is 1. The number of rotatable bonds is 10. The number of likely N-dealkylation sites (N-methyl/N-ethyl adjacent to an activating group) is 1. The zero-order valence-electron chi connectivity index (χ0n) is 33.5. The quantitative estimate of drug-likeness (QED) is 0.223. The topological polar surface area (TPSA) is 156 Å². The molecule has 53 heavy (non-hydrogen) atoms. The van der Waals surface area contributed by atoms with Gasteiger partial charge in [0.2, 0.25) is 0 Å². The summed E-state index contributed by atoms with van der Waals surface area (Å²) in [7, 11) is 5.38. The molecule has 1 aromatic carbocycles. The number of esters is 1. The summed E-state index contributed by atoms with van der Waals surface area (Å²) in [5.74, 6) is -2.28. The number of ether oxygens (including phenoxy) is 5. The second-order valence-corrected chi connectivity index (χ2v) is 16.0. The normalized spacial score (nSPS) is 38.5. The van der Waals surface area contributed by atoms with Crippen molar-refractivity contribution < 1.29 is 48.3 Å². The van der Waals surface area contributed by atoms with Crippen molar-refractivity contribution >= 4 is 17.8 Å². The average Bonchev–Trinajstić information content (AvgIpc) is 3.37. The number of nitrogens with zero attached hydrogens (tertiary/aromatic N) is 2. The molecule has 1 aromatic rings. The lowest BCUT2D eigenvalue weighted by Gasteiger charge is -2.46. The van der Waals surface area contributed by atoms with Crippen molar-refractivity contribution in [2.45, 2.75) is 141 Å². The number of aliphatic hydroxyl groups excluding tert-OH is 1. The first-order valence-electron chi connectivity index (χ1n) is 19.0. The van der Waals surface area contributed by atoms with E-state index in [2.05, 4.69) is 5.43 Å². The monoisotopic (exact) mass is 745 g/mol.